The minimum atomic E-state index is -1.26. The van der Waals surface area contributed by atoms with Gasteiger partial charge in [0.25, 0.3) is 5.79 Å². The summed E-state index contributed by atoms with van der Waals surface area (Å²) < 4.78 is 17.2. The smallest absolute Gasteiger partial charge is 0.348 e. The Balaban J connectivity index is 1.92. The number of aromatic nitrogens is 3. The number of carbonyl (C=O) groups excluding carboxylic acids is 2. The van der Waals surface area contributed by atoms with Crippen LogP contribution in [0.1, 0.15) is 25.0 Å². The fraction of sp³-hybridized carbons (Fsp3) is 0.294. The van der Waals surface area contributed by atoms with E-state index in [1.54, 1.807) is 36.3 Å². The van der Waals surface area contributed by atoms with Crippen molar-refractivity contribution in [3.8, 4) is 5.75 Å². The number of methoxy groups -OCH3 is 1. The third-order valence-corrected chi connectivity index (χ3v) is 3.53. The van der Waals surface area contributed by atoms with Crippen LogP contribution in [0.3, 0.4) is 0 Å². The zero-order valence-corrected chi connectivity index (χ0v) is 14.1. The molecule has 25 heavy (non-hydrogen) atoms. The van der Waals surface area contributed by atoms with Crippen molar-refractivity contribution >= 4 is 18.0 Å². The zero-order chi connectivity index (χ0) is 18.0. The molecule has 0 spiro atoms. The Bertz CT molecular complexity index is 818. The molecule has 1 aromatic carbocycles. The average Bonchev–Trinajstić information content (AvgIpc) is 3.03. The van der Waals surface area contributed by atoms with Crippen LogP contribution in [-0.4, -0.2) is 39.6 Å². The van der Waals surface area contributed by atoms with Gasteiger partial charge in [-0.05, 0) is 23.8 Å². The molecule has 1 fully saturated rings. The van der Waals surface area contributed by atoms with E-state index in [-0.39, 0.29) is 5.57 Å². The molecule has 0 amide bonds. The lowest BCUT2D eigenvalue weighted by atomic mass is 10.1. The van der Waals surface area contributed by atoms with Crippen LogP contribution in [-0.2, 0) is 25.6 Å². The first-order valence-corrected chi connectivity index (χ1v) is 7.56. The molecule has 1 saturated heterocycles. The first kappa shape index (κ1) is 16.7. The van der Waals surface area contributed by atoms with E-state index in [9.17, 15) is 9.59 Å². The lowest BCUT2D eigenvalue weighted by Gasteiger charge is -2.29. The number of ether oxygens (including phenoxy) is 3. The third kappa shape index (κ3) is 3.68. The van der Waals surface area contributed by atoms with Gasteiger partial charge in [-0.2, -0.15) is 5.10 Å². The average molecular weight is 343 g/mol. The predicted molar refractivity (Wildman–Crippen MR) is 86.4 cm³/mol. The molecule has 2 aromatic rings. The molecule has 2 heterocycles. The van der Waals surface area contributed by atoms with Crippen molar-refractivity contribution in [2.24, 2.45) is 0 Å². The minimum Gasteiger partial charge on any atom is -0.496 e. The van der Waals surface area contributed by atoms with Crippen molar-refractivity contribution in [3.05, 3.63) is 47.6 Å². The third-order valence-electron chi connectivity index (χ3n) is 3.53. The van der Waals surface area contributed by atoms with Crippen LogP contribution in [0, 0.1) is 0 Å². The van der Waals surface area contributed by atoms with Crippen molar-refractivity contribution in [1.29, 1.82) is 0 Å². The number of nitrogens with zero attached hydrogens (tertiary/aromatic N) is 3. The SMILES string of the molecule is COc1ccc(C=C2C(=O)OC(C)(C)OC2=O)cc1Cn1cncn1. The summed E-state index contributed by atoms with van der Waals surface area (Å²) in [5.74, 6) is -2.03. The molecule has 1 aromatic heterocycles. The van der Waals surface area contributed by atoms with Gasteiger partial charge in [0.05, 0.1) is 13.7 Å². The van der Waals surface area contributed by atoms with Crippen molar-refractivity contribution in [2.45, 2.75) is 26.2 Å². The second kappa shape index (κ2) is 6.39. The molecule has 0 bridgehead atoms. The molecule has 1 aliphatic heterocycles. The van der Waals surface area contributed by atoms with Gasteiger partial charge in [-0.15, -0.1) is 0 Å². The van der Waals surface area contributed by atoms with E-state index >= 15 is 0 Å². The summed E-state index contributed by atoms with van der Waals surface area (Å²) in [5, 5.41) is 4.06. The molecule has 0 aliphatic carbocycles. The quantitative estimate of drug-likeness (QED) is 0.472. The van der Waals surface area contributed by atoms with E-state index < -0.39 is 17.7 Å². The van der Waals surface area contributed by atoms with Gasteiger partial charge < -0.3 is 14.2 Å². The number of hydrogen-bond donors (Lipinski definition) is 0. The number of rotatable bonds is 4. The van der Waals surface area contributed by atoms with Crippen molar-refractivity contribution in [3.63, 3.8) is 0 Å². The molecule has 130 valence electrons. The normalized spacial score (nSPS) is 16.2. The van der Waals surface area contributed by atoms with Gasteiger partial charge in [0, 0.05) is 19.4 Å². The highest BCUT2D eigenvalue weighted by molar-refractivity contribution is 6.18. The summed E-state index contributed by atoms with van der Waals surface area (Å²) in [4.78, 5) is 28.0. The first-order valence-electron chi connectivity index (χ1n) is 7.56. The van der Waals surface area contributed by atoms with E-state index in [1.165, 1.54) is 26.3 Å². The largest absolute Gasteiger partial charge is 0.496 e. The second-order valence-corrected chi connectivity index (χ2v) is 5.90. The molecular formula is C17H17N3O5. The lowest BCUT2D eigenvalue weighted by molar-refractivity contribution is -0.222. The lowest BCUT2D eigenvalue weighted by Crippen LogP contribution is -2.41. The van der Waals surface area contributed by atoms with E-state index in [0.29, 0.717) is 17.9 Å². The number of hydrogen-bond acceptors (Lipinski definition) is 7. The Kier molecular flexibility index (Phi) is 4.26. The number of carbonyl (C=O) groups is 2. The summed E-state index contributed by atoms with van der Waals surface area (Å²) in [6.45, 7) is 3.44. The van der Waals surface area contributed by atoms with Crippen LogP contribution in [0.2, 0.25) is 0 Å². The molecule has 0 saturated carbocycles. The highest BCUT2D eigenvalue weighted by Gasteiger charge is 2.38. The fourth-order valence-electron chi connectivity index (χ4n) is 2.45. The summed E-state index contributed by atoms with van der Waals surface area (Å²) in [7, 11) is 1.57. The zero-order valence-electron chi connectivity index (χ0n) is 14.1. The molecule has 3 rings (SSSR count). The summed E-state index contributed by atoms with van der Waals surface area (Å²) in [6.07, 6.45) is 4.46. The number of esters is 2. The van der Waals surface area contributed by atoms with Gasteiger partial charge in [-0.25, -0.2) is 19.3 Å². The van der Waals surface area contributed by atoms with Gasteiger partial charge in [-0.1, -0.05) is 6.07 Å². The second-order valence-electron chi connectivity index (χ2n) is 5.90. The van der Waals surface area contributed by atoms with Crippen LogP contribution < -0.4 is 4.74 Å². The van der Waals surface area contributed by atoms with Gasteiger partial charge >= 0.3 is 11.9 Å². The molecule has 0 radical (unpaired) electrons. The van der Waals surface area contributed by atoms with Gasteiger partial charge in [0.2, 0.25) is 0 Å². The number of cyclic esters (lactones) is 2. The molecule has 8 heteroatoms. The Morgan fingerprint density at radius 1 is 1.24 bits per heavy atom. The predicted octanol–water partition coefficient (Wildman–Crippen LogP) is 1.55. The molecular weight excluding hydrogens is 326 g/mol. The summed E-state index contributed by atoms with van der Waals surface area (Å²) in [6, 6.07) is 5.28. The van der Waals surface area contributed by atoms with E-state index in [0.717, 1.165) is 5.56 Å². The monoisotopic (exact) mass is 343 g/mol. The van der Waals surface area contributed by atoms with Gasteiger partial charge in [0.1, 0.15) is 24.0 Å². The highest BCUT2D eigenvalue weighted by atomic mass is 16.7. The van der Waals surface area contributed by atoms with Crippen LogP contribution in [0.4, 0.5) is 0 Å². The van der Waals surface area contributed by atoms with Crippen molar-refractivity contribution < 1.29 is 23.8 Å². The Hall–Kier alpha value is -3.16. The maximum absolute atomic E-state index is 12.1. The standard InChI is InChI=1S/C17H17N3O5/c1-17(2)24-15(21)13(16(22)25-17)7-11-4-5-14(23-3)12(6-11)8-20-10-18-9-19-20/h4-7,9-10H,8H2,1-3H3. The maximum atomic E-state index is 12.1. The van der Waals surface area contributed by atoms with E-state index in [4.69, 9.17) is 14.2 Å². The highest BCUT2D eigenvalue weighted by Crippen LogP contribution is 2.26. The van der Waals surface area contributed by atoms with Crippen LogP contribution >= 0.6 is 0 Å². The Morgan fingerprint density at radius 3 is 2.56 bits per heavy atom. The number of benzene rings is 1. The van der Waals surface area contributed by atoms with Crippen LogP contribution in [0.15, 0.2) is 36.4 Å². The molecule has 8 nitrogen and oxygen atoms in total. The van der Waals surface area contributed by atoms with Crippen molar-refractivity contribution in [2.75, 3.05) is 7.11 Å². The Morgan fingerprint density at radius 2 is 1.96 bits per heavy atom. The van der Waals surface area contributed by atoms with Crippen molar-refractivity contribution in [1.82, 2.24) is 14.8 Å². The summed E-state index contributed by atoms with van der Waals surface area (Å²) in [5.41, 5.74) is 1.30. The van der Waals surface area contributed by atoms with Gasteiger partial charge in [0.15, 0.2) is 0 Å². The van der Waals surface area contributed by atoms with Gasteiger partial charge in [-0.3, -0.25) is 0 Å². The molecule has 0 unspecified atom stereocenters. The molecule has 0 atom stereocenters. The van der Waals surface area contributed by atoms with E-state index in [2.05, 4.69) is 10.1 Å². The molecule has 0 N–H and O–H groups in total. The Labute approximate surface area is 144 Å². The van der Waals surface area contributed by atoms with Crippen LogP contribution in [0.5, 0.6) is 5.75 Å². The fourth-order valence-corrected chi connectivity index (χ4v) is 2.45. The summed E-state index contributed by atoms with van der Waals surface area (Å²) >= 11 is 0. The molecule has 1 aliphatic rings. The van der Waals surface area contributed by atoms with Crippen LogP contribution in [0.25, 0.3) is 6.08 Å². The first-order chi connectivity index (χ1) is 11.9. The minimum absolute atomic E-state index is 0.156. The van der Waals surface area contributed by atoms with E-state index in [1.807, 2.05) is 0 Å². The topological polar surface area (TPSA) is 92.5 Å². The maximum Gasteiger partial charge on any atom is 0.348 e.